The molecule has 0 aliphatic carbocycles. The van der Waals surface area contributed by atoms with Crippen LogP contribution in [0.5, 0.6) is 0 Å². The number of hydrogen-bond acceptors (Lipinski definition) is 2. The Morgan fingerprint density at radius 1 is 1.42 bits per heavy atom. The molecule has 0 N–H and O–H groups in total. The molecule has 0 amide bonds. The third-order valence-corrected chi connectivity index (χ3v) is 3.19. The zero-order chi connectivity index (χ0) is 14.0. The molecule has 3 nitrogen and oxygen atoms in total. The van der Waals surface area contributed by atoms with Crippen LogP contribution >= 0.6 is 15.9 Å². The Balaban J connectivity index is 2.51. The standard InChI is InChI=1S/C14H10BrFN2O/c1-9-4-12(15)8-18(14(9)19)7-11-5-13(16)3-2-10(11)6-17/h2-5,8H,7H2,1H3. The first kappa shape index (κ1) is 13.5. The number of aromatic nitrogens is 1. The van der Waals surface area contributed by atoms with E-state index >= 15 is 0 Å². The highest BCUT2D eigenvalue weighted by molar-refractivity contribution is 9.10. The Kier molecular flexibility index (Phi) is 3.82. The van der Waals surface area contributed by atoms with E-state index < -0.39 is 5.82 Å². The van der Waals surface area contributed by atoms with Gasteiger partial charge in [-0.3, -0.25) is 4.79 Å². The van der Waals surface area contributed by atoms with E-state index in [2.05, 4.69) is 15.9 Å². The minimum atomic E-state index is -0.422. The molecule has 0 aliphatic rings. The van der Waals surface area contributed by atoms with Gasteiger partial charge in [0, 0.05) is 16.2 Å². The van der Waals surface area contributed by atoms with Crippen molar-refractivity contribution in [1.29, 1.82) is 5.26 Å². The molecule has 2 rings (SSSR count). The van der Waals surface area contributed by atoms with E-state index in [9.17, 15) is 9.18 Å². The Labute approximate surface area is 118 Å². The first-order valence-corrected chi connectivity index (χ1v) is 6.35. The molecule has 0 unspecified atom stereocenters. The van der Waals surface area contributed by atoms with Crippen LogP contribution in [0.15, 0.2) is 39.7 Å². The van der Waals surface area contributed by atoms with E-state index in [1.165, 1.54) is 22.8 Å². The second-order valence-corrected chi connectivity index (χ2v) is 5.10. The molecule has 0 radical (unpaired) electrons. The van der Waals surface area contributed by atoms with Gasteiger partial charge in [0.05, 0.1) is 18.2 Å². The number of rotatable bonds is 2. The third-order valence-electron chi connectivity index (χ3n) is 2.76. The third kappa shape index (κ3) is 2.91. The van der Waals surface area contributed by atoms with Crippen molar-refractivity contribution in [2.45, 2.75) is 13.5 Å². The van der Waals surface area contributed by atoms with Crippen molar-refractivity contribution in [3.8, 4) is 6.07 Å². The summed E-state index contributed by atoms with van der Waals surface area (Å²) >= 11 is 3.31. The van der Waals surface area contributed by atoms with E-state index in [0.29, 0.717) is 16.7 Å². The van der Waals surface area contributed by atoms with Crippen LogP contribution in [0, 0.1) is 24.1 Å². The summed E-state index contributed by atoms with van der Waals surface area (Å²) in [5.74, 6) is -0.422. The van der Waals surface area contributed by atoms with Crippen molar-refractivity contribution in [2.24, 2.45) is 0 Å². The average Bonchev–Trinajstić information content (AvgIpc) is 2.35. The van der Waals surface area contributed by atoms with Crippen LogP contribution in [-0.4, -0.2) is 4.57 Å². The molecule has 1 aromatic heterocycles. The van der Waals surface area contributed by atoms with Crippen molar-refractivity contribution in [1.82, 2.24) is 4.57 Å². The van der Waals surface area contributed by atoms with Gasteiger partial charge in [-0.1, -0.05) is 0 Å². The molecular formula is C14H10BrFN2O. The van der Waals surface area contributed by atoms with Gasteiger partial charge in [0.25, 0.3) is 5.56 Å². The number of nitrogens with zero attached hydrogens (tertiary/aromatic N) is 2. The number of halogens is 2. The molecule has 0 spiro atoms. The van der Waals surface area contributed by atoms with Gasteiger partial charge in [-0.05, 0) is 52.7 Å². The molecule has 0 saturated heterocycles. The first-order valence-electron chi connectivity index (χ1n) is 5.56. The minimum Gasteiger partial charge on any atom is -0.310 e. The van der Waals surface area contributed by atoms with Gasteiger partial charge in [0.1, 0.15) is 5.82 Å². The topological polar surface area (TPSA) is 45.8 Å². The maximum atomic E-state index is 13.2. The molecule has 1 heterocycles. The van der Waals surface area contributed by atoms with Gasteiger partial charge in [-0.2, -0.15) is 5.26 Å². The summed E-state index contributed by atoms with van der Waals surface area (Å²) in [5.41, 5.74) is 1.29. The summed E-state index contributed by atoms with van der Waals surface area (Å²) in [6, 6.07) is 7.65. The lowest BCUT2D eigenvalue weighted by molar-refractivity contribution is 0.622. The maximum absolute atomic E-state index is 13.2. The predicted octanol–water partition coefficient (Wildman–Crippen LogP) is 2.98. The molecular weight excluding hydrogens is 311 g/mol. The average molecular weight is 321 g/mol. The number of pyridine rings is 1. The molecule has 0 aliphatic heterocycles. The van der Waals surface area contributed by atoms with Gasteiger partial charge in [-0.25, -0.2) is 4.39 Å². The molecule has 2 aromatic rings. The van der Waals surface area contributed by atoms with Gasteiger partial charge in [-0.15, -0.1) is 0 Å². The monoisotopic (exact) mass is 320 g/mol. The first-order chi connectivity index (χ1) is 9.01. The van der Waals surface area contributed by atoms with Gasteiger partial charge in [0.15, 0.2) is 0 Å². The fraction of sp³-hybridized carbons (Fsp3) is 0.143. The molecule has 0 bridgehead atoms. The van der Waals surface area contributed by atoms with E-state index in [0.717, 1.165) is 4.47 Å². The van der Waals surface area contributed by atoms with Crippen molar-refractivity contribution >= 4 is 15.9 Å². The second kappa shape index (κ2) is 5.37. The number of hydrogen-bond donors (Lipinski definition) is 0. The Hall–Kier alpha value is -1.93. The second-order valence-electron chi connectivity index (χ2n) is 4.19. The van der Waals surface area contributed by atoms with Gasteiger partial charge in [0.2, 0.25) is 0 Å². The highest BCUT2D eigenvalue weighted by Crippen LogP contribution is 2.14. The van der Waals surface area contributed by atoms with E-state index in [4.69, 9.17) is 5.26 Å². The molecule has 96 valence electrons. The number of benzene rings is 1. The van der Waals surface area contributed by atoms with Gasteiger partial charge >= 0.3 is 0 Å². The minimum absolute atomic E-state index is 0.156. The van der Waals surface area contributed by atoms with E-state index in [-0.39, 0.29) is 12.1 Å². The maximum Gasteiger partial charge on any atom is 0.253 e. The van der Waals surface area contributed by atoms with E-state index in [1.54, 1.807) is 19.2 Å². The fourth-order valence-corrected chi connectivity index (χ4v) is 2.43. The molecule has 0 atom stereocenters. The van der Waals surface area contributed by atoms with Crippen molar-refractivity contribution in [2.75, 3.05) is 0 Å². The summed E-state index contributed by atoms with van der Waals surface area (Å²) in [7, 11) is 0. The largest absolute Gasteiger partial charge is 0.310 e. The summed E-state index contributed by atoms with van der Waals surface area (Å²) in [5, 5.41) is 9.00. The summed E-state index contributed by atoms with van der Waals surface area (Å²) in [6.07, 6.45) is 1.63. The van der Waals surface area contributed by atoms with Crippen LogP contribution in [0.4, 0.5) is 4.39 Å². The normalized spacial score (nSPS) is 10.2. The van der Waals surface area contributed by atoms with Crippen LogP contribution < -0.4 is 5.56 Å². The highest BCUT2D eigenvalue weighted by Gasteiger charge is 2.07. The lowest BCUT2D eigenvalue weighted by Gasteiger charge is -2.09. The van der Waals surface area contributed by atoms with Crippen molar-refractivity contribution in [3.05, 3.63) is 67.8 Å². The smallest absolute Gasteiger partial charge is 0.253 e. The van der Waals surface area contributed by atoms with E-state index in [1.807, 2.05) is 6.07 Å². The Morgan fingerprint density at radius 2 is 2.16 bits per heavy atom. The van der Waals surface area contributed by atoms with Crippen molar-refractivity contribution < 1.29 is 4.39 Å². The molecule has 19 heavy (non-hydrogen) atoms. The molecule has 1 aromatic carbocycles. The van der Waals surface area contributed by atoms with Crippen molar-refractivity contribution in [3.63, 3.8) is 0 Å². The number of nitriles is 1. The molecule has 0 fully saturated rings. The summed E-state index contributed by atoms with van der Waals surface area (Å²) in [6.45, 7) is 1.88. The Morgan fingerprint density at radius 3 is 2.84 bits per heavy atom. The molecule has 5 heteroatoms. The fourth-order valence-electron chi connectivity index (χ4n) is 1.84. The van der Waals surface area contributed by atoms with Crippen LogP contribution in [0.2, 0.25) is 0 Å². The summed E-state index contributed by atoms with van der Waals surface area (Å²) in [4.78, 5) is 12.0. The molecule has 0 saturated carbocycles. The lowest BCUT2D eigenvalue weighted by atomic mass is 10.1. The SMILES string of the molecule is Cc1cc(Br)cn(Cc2cc(F)ccc2C#N)c1=O. The quantitative estimate of drug-likeness (QED) is 0.854. The highest BCUT2D eigenvalue weighted by atomic mass is 79.9. The number of aryl methyl sites for hydroxylation is 1. The zero-order valence-corrected chi connectivity index (χ0v) is 11.7. The predicted molar refractivity (Wildman–Crippen MR) is 73.4 cm³/mol. The Bertz CT molecular complexity index is 731. The van der Waals surface area contributed by atoms with Crippen LogP contribution in [-0.2, 0) is 6.54 Å². The summed E-state index contributed by atoms with van der Waals surface area (Å²) < 4.78 is 15.5. The van der Waals surface area contributed by atoms with Gasteiger partial charge < -0.3 is 4.57 Å². The zero-order valence-electron chi connectivity index (χ0n) is 10.2. The van der Waals surface area contributed by atoms with Crippen LogP contribution in [0.25, 0.3) is 0 Å². The lowest BCUT2D eigenvalue weighted by Crippen LogP contribution is -2.22. The van der Waals surface area contributed by atoms with Crippen LogP contribution in [0.3, 0.4) is 0 Å². The van der Waals surface area contributed by atoms with Crippen LogP contribution in [0.1, 0.15) is 16.7 Å².